The summed E-state index contributed by atoms with van der Waals surface area (Å²) in [5.41, 5.74) is 3.41. The van der Waals surface area contributed by atoms with E-state index in [0.29, 0.717) is 12.3 Å². The van der Waals surface area contributed by atoms with Gasteiger partial charge >= 0.3 is 0 Å². The van der Waals surface area contributed by atoms with Crippen molar-refractivity contribution in [3.05, 3.63) is 77.6 Å². The molecule has 0 radical (unpaired) electrons. The van der Waals surface area contributed by atoms with Crippen molar-refractivity contribution in [2.24, 2.45) is 0 Å². The van der Waals surface area contributed by atoms with Gasteiger partial charge in [0.15, 0.2) is 11.4 Å². The van der Waals surface area contributed by atoms with Gasteiger partial charge in [-0.05, 0) is 30.2 Å². The summed E-state index contributed by atoms with van der Waals surface area (Å²) in [5, 5.41) is 7.39. The minimum atomic E-state index is -0.265. The van der Waals surface area contributed by atoms with Crippen molar-refractivity contribution in [1.82, 2.24) is 20.0 Å². The number of methoxy groups -OCH3 is 1. The topological polar surface area (TPSA) is 68.6 Å². The van der Waals surface area contributed by atoms with Gasteiger partial charge in [-0.25, -0.2) is 4.68 Å². The second-order valence-corrected chi connectivity index (χ2v) is 7.75. The number of nitrogens with zero attached hydrogens (tertiary/aromatic N) is 3. The van der Waals surface area contributed by atoms with Crippen LogP contribution in [-0.4, -0.2) is 53.5 Å². The first-order valence-corrected chi connectivity index (χ1v) is 10.5. The van der Waals surface area contributed by atoms with Crippen molar-refractivity contribution in [1.29, 1.82) is 0 Å². The molecule has 0 aliphatic carbocycles. The van der Waals surface area contributed by atoms with Crippen molar-refractivity contribution < 1.29 is 14.3 Å². The summed E-state index contributed by atoms with van der Waals surface area (Å²) >= 11 is 0. The Morgan fingerprint density at radius 1 is 1.19 bits per heavy atom. The molecule has 1 aliphatic heterocycles. The summed E-state index contributed by atoms with van der Waals surface area (Å²) in [6.07, 6.45) is 1.98. The minimum Gasteiger partial charge on any atom is -0.493 e. The number of amides is 1. The number of carbonyl (C=O) groups is 1. The molecule has 0 spiro atoms. The molecule has 1 fully saturated rings. The average molecular weight is 421 g/mol. The smallest absolute Gasteiger partial charge is 0.275 e. The van der Waals surface area contributed by atoms with E-state index in [9.17, 15) is 4.79 Å². The van der Waals surface area contributed by atoms with E-state index in [4.69, 9.17) is 9.47 Å². The molecule has 2 heterocycles. The first-order valence-electron chi connectivity index (χ1n) is 10.5. The normalized spacial score (nSPS) is 16.8. The number of rotatable bonds is 7. The Hall–Kier alpha value is -3.16. The Morgan fingerprint density at radius 2 is 2.00 bits per heavy atom. The van der Waals surface area contributed by atoms with E-state index in [1.165, 1.54) is 5.56 Å². The van der Waals surface area contributed by atoms with Crippen LogP contribution in [0.15, 0.2) is 60.8 Å². The summed E-state index contributed by atoms with van der Waals surface area (Å²) in [6, 6.07) is 17.9. The number of ether oxygens (including phenoxy) is 2. The summed E-state index contributed by atoms with van der Waals surface area (Å²) in [6.45, 7) is 6.05. The highest BCUT2D eigenvalue weighted by molar-refractivity contribution is 5.94. The van der Waals surface area contributed by atoms with Crippen LogP contribution in [0.3, 0.4) is 0 Å². The molecule has 1 N–H and O–H groups in total. The van der Waals surface area contributed by atoms with Gasteiger partial charge in [0.1, 0.15) is 0 Å². The molecule has 1 amide bonds. The SMILES string of the molecule is COc1cn(-c2ccccc2)nc1C(=O)NCc1cccc(CN2CCO[C@H](C)C2)c1. The van der Waals surface area contributed by atoms with E-state index in [1.807, 2.05) is 42.5 Å². The molecule has 162 valence electrons. The Labute approximate surface area is 182 Å². The molecule has 0 bridgehead atoms. The van der Waals surface area contributed by atoms with Gasteiger partial charge in [0.05, 0.1) is 31.7 Å². The summed E-state index contributed by atoms with van der Waals surface area (Å²) < 4.78 is 12.6. The Kier molecular flexibility index (Phi) is 6.64. The van der Waals surface area contributed by atoms with Gasteiger partial charge in [0.2, 0.25) is 0 Å². The van der Waals surface area contributed by atoms with E-state index in [0.717, 1.165) is 37.5 Å². The molecule has 2 aromatic carbocycles. The maximum atomic E-state index is 12.8. The van der Waals surface area contributed by atoms with Crippen LogP contribution in [-0.2, 0) is 17.8 Å². The molecular formula is C24H28N4O3. The zero-order chi connectivity index (χ0) is 21.6. The first kappa shape index (κ1) is 21.1. The zero-order valence-corrected chi connectivity index (χ0v) is 18.0. The number of carbonyl (C=O) groups excluding carboxylic acids is 1. The van der Waals surface area contributed by atoms with E-state index in [1.54, 1.807) is 18.0 Å². The number of hydrogen-bond donors (Lipinski definition) is 1. The summed E-state index contributed by atoms with van der Waals surface area (Å²) in [5.74, 6) is 0.176. The predicted molar refractivity (Wildman–Crippen MR) is 118 cm³/mol. The Morgan fingerprint density at radius 3 is 2.77 bits per heavy atom. The lowest BCUT2D eigenvalue weighted by molar-refractivity contribution is -0.0212. The predicted octanol–water partition coefficient (Wildman–Crippen LogP) is 3.03. The third kappa shape index (κ3) is 5.31. The van der Waals surface area contributed by atoms with Crippen molar-refractivity contribution >= 4 is 5.91 Å². The van der Waals surface area contributed by atoms with E-state index < -0.39 is 0 Å². The molecular weight excluding hydrogens is 392 g/mol. The molecule has 1 saturated heterocycles. The third-order valence-corrected chi connectivity index (χ3v) is 5.31. The van der Waals surface area contributed by atoms with E-state index in [-0.39, 0.29) is 17.7 Å². The third-order valence-electron chi connectivity index (χ3n) is 5.31. The maximum absolute atomic E-state index is 12.8. The second kappa shape index (κ2) is 9.76. The summed E-state index contributed by atoms with van der Waals surface area (Å²) in [7, 11) is 1.54. The van der Waals surface area contributed by atoms with Gasteiger partial charge in [0.25, 0.3) is 5.91 Å². The van der Waals surface area contributed by atoms with E-state index in [2.05, 4.69) is 34.4 Å². The van der Waals surface area contributed by atoms with Crippen LogP contribution in [0.2, 0.25) is 0 Å². The van der Waals surface area contributed by atoms with Crippen LogP contribution < -0.4 is 10.1 Å². The molecule has 7 heteroatoms. The van der Waals surface area contributed by atoms with Crippen molar-refractivity contribution in [2.75, 3.05) is 26.8 Å². The number of morpholine rings is 1. The molecule has 31 heavy (non-hydrogen) atoms. The van der Waals surface area contributed by atoms with Crippen LogP contribution in [0.1, 0.15) is 28.5 Å². The Bertz CT molecular complexity index is 1020. The minimum absolute atomic E-state index is 0.265. The number of para-hydroxylation sites is 1. The number of benzene rings is 2. The monoisotopic (exact) mass is 420 g/mol. The highest BCUT2D eigenvalue weighted by Gasteiger charge is 2.19. The highest BCUT2D eigenvalue weighted by atomic mass is 16.5. The lowest BCUT2D eigenvalue weighted by Gasteiger charge is -2.31. The fourth-order valence-electron chi connectivity index (χ4n) is 3.77. The van der Waals surface area contributed by atoms with Gasteiger partial charge in [-0.2, -0.15) is 5.10 Å². The lowest BCUT2D eigenvalue weighted by atomic mass is 10.1. The van der Waals surface area contributed by atoms with Crippen LogP contribution in [0.5, 0.6) is 5.75 Å². The standard InChI is InChI=1S/C24H28N4O3/c1-18-15-27(11-12-31-18)16-20-8-6-7-19(13-20)14-25-24(29)23-22(30-2)17-28(26-23)21-9-4-3-5-10-21/h3-10,13,17-18H,11-12,14-16H2,1-2H3,(H,25,29)/t18-/m1/s1. The lowest BCUT2D eigenvalue weighted by Crippen LogP contribution is -2.40. The first-order chi connectivity index (χ1) is 15.1. The zero-order valence-electron chi connectivity index (χ0n) is 18.0. The van der Waals surface area contributed by atoms with Gasteiger partial charge in [-0.1, -0.05) is 42.5 Å². The highest BCUT2D eigenvalue weighted by Crippen LogP contribution is 2.19. The van der Waals surface area contributed by atoms with Crippen molar-refractivity contribution in [2.45, 2.75) is 26.1 Å². The van der Waals surface area contributed by atoms with Gasteiger partial charge in [-0.3, -0.25) is 9.69 Å². The van der Waals surface area contributed by atoms with Crippen LogP contribution in [0.25, 0.3) is 5.69 Å². The summed E-state index contributed by atoms with van der Waals surface area (Å²) in [4.78, 5) is 15.2. The molecule has 1 aromatic heterocycles. The second-order valence-electron chi connectivity index (χ2n) is 7.75. The van der Waals surface area contributed by atoms with Gasteiger partial charge in [0, 0.05) is 26.2 Å². The van der Waals surface area contributed by atoms with E-state index >= 15 is 0 Å². The quantitative estimate of drug-likeness (QED) is 0.636. The maximum Gasteiger partial charge on any atom is 0.275 e. The number of nitrogens with one attached hydrogen (secondary N) is 1. The van der Waals surface area contributed by atoms with Crippen molar-refractivity contribution in [3.63, 3.8) is 0 Å². The van der Waals surface area contributed by atoms with Gasteiger partial charge in [-0.15, -0.1) is 0 Å². The van der Waals surface area contributed by atoms with Crippen LogP contribution in [0, 0.1) is 0 Å². The number of hydrogen-bond acceptors (Lipinski definition) is 5. The van der Waals surface area contributed by atoms with Crippen molar-refractivity contribution in [3.8, 4) is 11.4 Å². The Balaban J connectivity index is 1.40. The largest absolute Gasteiger partial charge is 0.493 e. The molecule has 4 rings (SSSR count). The molecule has 1 aliphatic rings. The fourth-order valence-corrected chi connectivity index (χ4v) is 3.77. The number of aromatic nitrogens is 2. The molecule has 0 unspecified atom stereocenters. The molecule has 1 atom stereocenters. The van der Waals surface area contributed by atoms with Crippen LogP contribution >= 0.6 is 0 Å². The molecule has 3 aromatic rings. The van der Waals surface area contributed by atoms with Gasteiger partial charge < -0.3 is 14.8 Å². The molecule has 7 nitrogen and oxygen atoms in total. The van der Waals surface area contributed by atoms with Crippen LogP contribution in [0.4, 0.5) is 0 Å². The fraction of sp³-hybridized carbons (Fsp3) is 0.333. The molecule has 0 saturated carbocycles. The average Bonchev–Trinajstić information content (AvgIpc) is 3.23.